The van der Waals surface area contributed by atoms with Gasteiger partial charge in [0.2, 0.25) is 0 Å². The molecule has 4 heteroatoms. The average molecular weight is 475 g/mol. The van der Waals surface area contributed by atoms with Crippen LogP contribution in [0.5, 0.6) is 0 Å². The molecule has 0 aliphatic carbocycles. The fourth-order valence-electron chi connectivity index (χ4n) is 3.70. The normalized spacial score (nSPS) is 11.9. The fourth-order valence-corrected chi connectivity index (χ4v) is 37.0. The van der Waals surface area contributed by atoms with Gasteiger partial charge in [-0.05, 0) is 36.4 Å². The lowest BCUT2D eigenvalue weighted by Gasteiger charge is -2.43. The second-order valence-electron chi connectivity index (χ2n) is 8.43. The molecule has 0 N–H and O–H groups in total. The summed E-state index contributed by atoms with van der Waals surface area (Å²) in [5.41, 5.74) is 0. The summed E-state index contributed by atoms with van der Waals surface area (Å²) in [6.07, 6.45) is 0. The van der Waals surface area contributed by atoms with Crippen LogP contribution >= 0.6 is 22.1 Å². The van der Waals surface area contributed by atoms with Gasteiger partial charge in [-0.2, -0.15) is 0 Å². The molecule has 4 aromatic carbocycles. The zero-order valence-electron chi connectivity index (χ0n) is 18.4. The zero-order valence-corrected chi connectivity index (χ0v) is 22.1. The summed E-state index contributed by atoms with van der Waals surface area (Å²) in [7, 11) is -2.39. The Morgan fingerprint density at radius 2 is 0.613 bits per heavy atom. The summed E-state index contributed by atoms with van der Waals surface area (Å²) in [5.74, 6) is 0. The molecule has 0 amide bonds. The molecule has 31 heavy (non-hydrogen) atoms. The van der Waals surface area contributed by atoms with Crippen molar-refractivity contribution in [1.29, 1.82) is 0 Å². The van der Waals surface area contributed by atoms with E-state index in [9.17, 15) is 0 Å². The second-order valence-corrected chi connectivity index (χ2v) is 30.0. The molecule has 4 aromatic rings. The predicted molar refractivity (Wildman–Crippen MR) is 148 cm³/mol. The third-order valence-electron chi connectivity index (χ3n) is 4.98. The first kappa shape index (κ1) is 22.6. The van der Waals surface area contributed by atoms with E-state index >= 15 is 0 Å². The Morgan fingerprint density at radius 1 is 0.387 bits per heavy atom. The van der Waals surface area contributed by atoms with E-state index < -0.39 is 23.0 Å². The molecule has 0 saturated carbocycles. The molecule has 0 nitrogen and oxygen atoms in total. The quantitative estimate of drug-likeness (QED) is 0.193. The SMILES string of the molecule is C[Si](C)(C)P(P(c1ccccc1)c1ccccc1)P(c1ccccc1)c1ccccc1. The Morgan fingerprint density at radius 3 is 0.806 bits per heavy atom. The molecular weight excluding hydrogens is 445 g/mol. The third kappa shape index (κ3) is 5.42. The summed E-state index contributed by atoms with van der Waals surface area (Å²) in [6, 6.07) is 45.3. The number of hydrogen-bond donors (Lipinski definition) is 0. The number of benzene rings is 4. The van der Waals surface area contributed by atoms with Crippen LogP contribution in [0.1, 0.15) is 0 Å². The molecule has 156 valence electrons. The summed E-state index contributed by atoms with van der Waals surface area (Å²) in [4.78, 5) is 0. The molecule has 0 atom stereocenters. The first-order valence-electron chi connectivity index (χ1n) is 10.7. The maximum atomic E-state index is 2.60. The largest absolute Gasteiger partial charge is 0.0839 e. The Balaban J connectivity index is 1.97. The Labute approximate surface area is 191 Å². The minimum atomic E-state index is -1.52. The van der Waals surface area contributed by atoms with Crippen LogP contribution in [0.4, 0.5) is 0 Å². The van der Waals surface area contributed by atoms with Gasteiger partial charge in [0.15, 0.2) is 0 Å². The van der Waals surface area contributed by atoms with Crippen LogP contribution in [-0.2, 0) is 0 Å². The molecule has 0 heterocycles. The van der Waals surface area contributed by atoms with Gasteiger partial charge in [0.25, 0.3) is 0 Å². The predicted octanol–water partition coefficient (Wildman–Crippen LogP) is 7.40. The van der Waals surface area contributed by atoms with E-state index in [1.807, 2.05) is 0 Å². The van der Waals surface area contributed by atoms with Gasteiger partial charge in [-0.1, -0.05) is 148 Å². The van der Waals surface area contributed by atoms with Crippen molar-refractivity contribution in [1.82, 2.24) is 0 Å². The highest BCUT2D eigenvalue weighted by Crippen LogP contribution is 2.87. The van der Waals surface area contributed by atoms with Crippen LogP contribution < -0.4 is 21.2 Å². The Kier molecular flexibility index (Phi) is 7.53. The zero-order chi connectivity index (χ0) is 21.7. The van der Waals surface area contributed by atoms with E-state index in [1.54, 1.807) is 0 Å². The topological polar surface area (TPSA) is 0 Å². The fraction of sp³-hybridized carbons (Fsp3) is 0.111. The Bertz CT molecular complexity index is 903. The standard InChI is InChI=1S/C27H29P3Si/c1-31(2,3)30(28(24-16-8-4-9-17-24)25-18-10-5-11-19-25)29(26-20-12-6-13-21-26)27-22-14-7-15-23-27/h4-23H,1-3H3. The summed E-state index contributed by atoms with van der Waals surface area (Å²) >= 11 is 0. The lowest BCUT2D eigenvalue weighted by Crippen LogP contribution is -2.26. The van der Waals surface area contributed by atoms with Gasteiger partial charge >= 0.3 is 0 Å². The van der Waals surface area contributed by atoms with Gasteiger partial charge in [-0.15, -0.1) is 0 Å². The van der Waals surface area contributed by atoms with Crippen molar-refractivity contribution < 1.29 is 0 Å². The Hall–Kier alpha value is -1.61. The maximum absolute atomic E-state index is 2.60. The van der Waals surface area contributed by atoms with E-state index in [0.29, 0.717) is 0 Å². The van der Waals surface area contributed by atoms with Crippen LogP contribution in [0, 0.1) is 0 Å². The molecular formula is C27H29P3Si. The van der Waals surface area contributed by atoms with Crippen molar-refractivity contribution in [3.63, 3.8) is 0 Å². The molecule has 0 radical (unpaired) electrons. The molecule has 0 bridgehead atoms. The van der Waals surface area contributed by atoms with Gasteiger partial charge in [0, 0.05) is 0 Å². The minimum absolute atomic E-state index is 0.265. The number of hydrogen-bond acceptors (Lipinski definition) is 0. The molecule has 0 saturated heterocycles. The first-order chi connectivity index (χ1) is 15.1. The van der Waals surface area contributed by atoms with Gasteiger partial charge in [0.05, 0.1) is 7.74 Å². The first-order valence-corrected chi connectivity index (χ1v) is 20.4. The molecule has 0 unspecified atom stereocenters. The third-order valence-corrected chi connectivity index (χ3v) is 36.4. The van der Waals surface area contributed by atoms with E-state index in [-0.39, 0.29) is 6.85 Å². The molecule has 0 aliphatic heterocycles. The molecule has 0 spiro atoms. The van der Waals surface area contributed by atoms with E-state index in [2.05, 4.69) is 141 Å². The van der Waals surface area contributed by atoms with Crippen LogP contribution in [0.2, 0.25) is 19.6 Å². The summed E-state index contributed by atoms with van der Waals surface area (Å²) in [5, 5.41) is 6.10. The van der Waals surface area contributed by atoms with Crippen LogP contribution in [-0.4, -0.2) is 7.74 Å². The highest BCUT2D eigenvalue weighted by molar-refractivity contribution is 8.76. The molecule has 0 aromatic heterocycles. The summed E-state index contributed by atoms with van der Waals surface area (Å²) in [6.45, 7) is 7.53. The summed E-state index contributed by atoms with van der Waals surface area (Å²) < 4.78 is 0. The van der Waals surface area contributed by atoms with E-state index in [0.717, 1.165) is 0 Å². The number of rotatable bonds is 7. The van der Waals surface area contributed by atoms with Crippen molar-refractivity contribution in [3.8, 4) is 0 Å². The van der Waals surface area contributed by atoms with Crippen LogP contribution in [0.15, 0.2) is 121 Å². The lowest BCUT2D eigenvalue weighted by atomic mass is 10.4. The molecule has 4 rings (SSSR count). The maximum Gasteiger partial charge on any atom is 0.0839 e. The van der Waals surface area contributed by atoms with Gasteiger partial charge in [-0.3, -0.25) is 0 Å². The molecule has 0 fully saturated rings. The van der Waals surface area contributed by atoms with Crippen LogP contribution in [0.25, 0.3) is 0 Å². The van der Waals surface area contributed by atoms with Crippen molar-refractivity contribution in [2.45, 2.75) is 19.6 Å². The van der Waals surface area contributed by atoms with Crippen LogP contribution in [0.3, 0.4) is 0 Å². The van der Waals surface area contributed by atoms with Crippen molar-refractivity contribution >= 4 is 51.0 Å². The highest BCUT2D eigenvalue weighted by Gasteiger charge is 2.41. The average Bonchev–Trinajstić information content (AvgIpc) is 2.81. The van der Waals surface area contributed by atoms with Crippen molar-refractivity contribution in [2.24, 2.45) is 0 Å². The van der Waals surface area contributed by atoms with Gasteiger partial charge in [0.1, 0.15) is 0 Å². The smallest absolute Gasteiger partial charge is 0.0650 e. The highest BCUT2D eigenvalue weighted by atomic mass is 32.6. The van der Waals surface area contributed by atoms with Crippen molar-refractivity contribution in [2.75, 3.05) is 0 Å². The second kappa shape index (κ2) is 10.3. The minimum Gasteiger partial charge on any atom is -0.0650 e. The van der Waals surface area contributed by atoms with Gasteiger partial charge < -0.3 is 0 Å². The van der Waals surface area contributed by atoms with Crippen molar-refractivity contribution in [3.05, 3.63) is 121 Å². The monoisotopic (exact) mass is 474 g/mol. The van der Waals surface area contributed by atoms with E-state index in [4.69, 9.17) is 0 Å². The van der Waals surface area contributed by atoms with Gasteiger partial charge in [-0.25, -0.2) is 0 Å². The molecule has 0 aliphatic rings. The van der Waals surface area contributed by atoms with E-state index in [1.165, 1.54) is 21.2 Å². The lowest BCUT2D eigenvalue weighted by molar-refractivity contribution is 1.76.